The van der Waals surface area contributed by atoms with Crippen molar-refractivity contribution in [3.63, 3.8) is 0 Å². The fraction of sp³-hybridized carbons (Fsp3) is 0.0909. The molecule has 0 heterocycles. The zero-order chi connectivity index (χ0) is 22.6. The lowest BCUT2D eigenvalue weighted by atomic mass is 10.1. The Balaban J connectivity index is 1.91. The van der Waals surface area contributed by atoms with Crippen LogP contribution in [0, 0.1) is 3.57 Å². The zero-order valence-electron chi connectivity index (χ0n) is 15.6. The van der Waals surface area contributed by atoms with Gasteiger partial charge >= 0.3 is 12.1 Å². The quantitative estimate of drug-likeness (QED) is 0.287. The molecule has 0 saturated heterocycles. The van der Waals surface area contributed by atoms with Crippen LogP contribution in [0.1, 0.15) is 27.6 Å². The van der Waals surface area contributed by atoms with Gasteiger partial charge in [-0.25, -0.2) is 4.79 Å². The number of benzene rings is 3. The molecule has 3 aromatic rings. The first-order valence-corrected chi connectivity index (χ1v) is 10.3. The highest BCUT2D eigenvalue weighted by atomic mass is 127. The monoisotopic (exact) mass is 559 g/mol. The van der Waals surface area contributed by atoms with Crippen LogP contribution in [0.2, 0.25) is 5.02 Å². The van der Waals surface area contributed by atoms with E-state index < -0.39 is 35.4 Å². The molecule has 3 rings (SSSR count). The Morgan fingerprint density at radius 2 is 1.61 bits per heavy atom. The summed E-state index contributed by atoms with van der Waals surface area (Å²) in [5.74, 6) is -1.72. The molecule has 0 radical (unpaired) electrons. The first kappa shape index (κ1) is 23.1. The molecule has 160 valence electrons. The SMILES string of the molecule is O=C(O[C@H](C(=O)Nc1ccc(Cl)cc1C(F)(F)F)c1ccccc1)c1ccc(I)cc1. The van der Waals surface area contributed by atoms with Crippen molar-refractivity contribution in [3.8, 4) is 0 Å². The Morgan fingerprint density at radius 1 is 0.968 bits per heavy atom. The Hall–Kier alpha value is -2.59. The van der Waals surface area contributed by atoms with Crippen molar-refractivity contribution < 1.29 is 27.5 Å². The van der Waals surface area contributed by atoms with Crippen LogP contribution in [0.4, 0.5) is 18.9 Å². The van der Waals surface area contributed by atoms with Crippen molar-refractivity contribution >= 4 is 51.8 Å². The number of anilines is 1. The Labute approximate surface area is 194 Å². The van der Waals surface area contributed by atoms with E-state index in [9.17, 15) is 22.8 Å². The molecular formula is C22H14ClF3INO3. The molecule has 0 aliphatic rings. The third-order valence-electron chi connectivity index (χ3n) is 4.19. The fourth-order valence-corrected chi connectivity index (χ4v) is 3.25. The van der Waals surface area contributed by atoms with E-state index in [4.69, 9.17) is 16.3 Å². The van der Waals surface area contributed by atoms with E-state index in [2.05, 4.69) is 27.9 Å². The van der Waals surface area contributed by atoms with Crippen LogP contribution < -0.4 is 5.32 Å². The van der Waals surface area contributed by atoms with Crippen molar-refractivity contribution in [1.29, 1.82) is 0 Å². The molecule has 0 aliphatic heterocycles. The summed E-state index contributed by atoms with van der Waals surface area (Å²) in [4.78, 5) is 25.5. The van der Waals surface area contributed by atoms with Gasteiger partial charge in [0.25, 0.3) is 5.91 Å². The van der Waals surface area contributed by atoms with Gasteiger partial charge in [0.1, 0.15) is 0 Å². The van der Waals surface area contributed by atoms with Crippen molar-refractivity contribution in [1.82, 2.24) is 0 Å². The zero-order valence-corrected chi connectivity index (χ0v) is 18.5. The van der Waals surface area contributed by atoms with Gasteiger partial charge in [-0.2, -0.15) is 13.2 Å². The molecular weight excluding hydrogens is 546 g/mol. The predicted octanol–water partition coefficient (Wildman–Crippen LogP) is 6.50. The van der Waals surface area contributed by atoms with Gasteiger partial charge in [0.2, 0.25) is 6.10 Å². The Bertz CT molecular complexity index is 1090. The fourth-order valence-electron chi connectivity index (χ4n) is 2.72. The molecule has 0 spiro atoms. The van der Waals surface area contributed by atoms with Gasteiger partial charge in [0, 0.05) is 14.2 Å². The molecule has 1 N–H and O–H groups in total. The second-order valence-electron chi connectivity index (χ2n) is 6.38. The molecule has 4 nitrogen and oxygen atoms in total. The Morgan fingerprint density at radius 3 is 2.23 bits per heavy atom. The van der Waals surface area contributed by atoms with Gasteiger partial charge in [0.15, 0.2) is 0 Å². The summed E-state index contributed by atoms with van der Waals surface area (Å²) >= 11 is 7.75. The third-order valence-corrected chi connectivity index (χ3v) is 5.14. The highest BCUT2D eigenvalue weighted by molar-refractivity contribution is 14.1. The number of hydrogen-bond donors (Lipinski definition) is 1. The van der Waals surface area contributed by atoms with Crippen LogP contribution in [-0.2, 0) is 15.7 Å². The van der Waals surface area contributed by atoms with Crippen LogP contribution in [0.15, 0.2) is 72.8 Å². The molecule has 9 heteroatoms. The number of ether oxygens (including phenoxy) is 1. The number of rotatable bonds is 5. The summed E-state index contributed by atoms with van der Waals surface area (Å²) in [5, 5.41) is 2.08. The topological polar surface area (TPSA) is 55.4 Å². The lowest BCUT2D eigenvalue weighted by Gasteiger charge is -2.20. The summed E-state index contributed by atoms with van der Waals surface area (Å²) in [6.07, 6.45) is -6.21. The molecule has 1 atom stereocenters. The first-order valence-electron chi connectivity index (χ1n) is 8.84. The largest absolute Gasteiger partial charge is 0.444 e. The van der Waals surface area contributed by atoms with Crippen LogP contribution in [-0.4, -0.2) is 11.9 Å². The molecule has 3 aromatic carbocycles. The molecule has 0 fully saturated rings. The van der Waals surface area contributed by atoms with Crippen molar-refractivity contribution in [2.24, 2.45) is 0 Å². The second-order valence-corrected chi connectivity index (χ2v) is 8.06. The van der Waals surface area contributed by atoms with E-state index in [1.54, 1.807) is 30.3 Å². The second kappa shape index (κ2) is 9.69. The molecule has 0 aliphatic carbocycles. The van der Waals surface area contributed by atoms with Crippen molar-refractivity contribution in [2.75, 3.05) is 5.32 Å². The van der Waals surface area contributed by atoms with Crippen molar-refractivity contribution in [2.45, 2.75) is 12.3 Å². The summed E-state index contributed by atoms with van der Waals surface area (Å²) in [7, 11) is 0. The van der Waals surface area contributed by atoms with Crippen LogP contribution in [0.5, 0.6) is 0 Å². The highest BCUT2D eigenvalue weighted by Crippen LogP contribution is 2.37. The number of esters is 1. The number of carbonyl (C=O) groups is 2. The predicted molar refractivity (Wildman–Crippen MR) is 119 cm³/mol. The number of carbonyl (C=O) groups excluding carboxylic acids is 2. The molecule has 0 bridgehead atoms. The smallest absolute Gasteiger partial charge is 0.418 e. The van der Waals surface area contributed by atoms with E-state index in [1.165, 1.54) is 30.3 Å². The van der Waals surface area contributed by atoms with Crippen LogP contribution in [0.25, 0.3) is 0 Å². The molecule has 0 unspecified atom stereocenters. The van der Waals surface area contributed by atoms with Crippen molar-refractivity contribution in [3.05, 3.63) is 98.1 Å². The minimum Gasteiger partial charge on any atom is -0.444 e. The van der Waals surface area contributed by atoms with E-state index in [1.807, 2.05) is 0 Å². The number of amides is 1. The number of alkyl halides is 3. The molecule has 1 amide bonds. The maximum absolute atomic E-state index is 13.4. The lowest BCUT2D eigenvalue weighted by Crippen LogP contribution is -2.27. The Kier molecular flexibility index (Phi) is 7.22. The average Bonchev–Trinajstić information content (AvgIpc) is 2.73. The van der Waals surface area contributed by atoms with E-state index in [-0.39, 0.29) is 10.6 Å². The lowest BCUT2D eigenvalue weighted by molar-refractivity contribution is -0.137. The summed E-state index contributed by atoms with van der Waals surface area (Å²) < 4.78 is 46.4. The standard InChI is InChI=1S/C22H14ClF3INO3/c23-15-8-11-18(17(12-15)22(24,25)26)28-20(29)19(13-4-2-1-3-5-13)31-21(30)14-6-9-16(27)10-7-14/h1-12,19H,(H,28,29)/t19-/m0/s1. The van der Waals surface area contributed by atoms with E-state index in [0.29, 0.717) is 11.6 Å². The molecule has 0 saturated carbocycles. The van der Waals surface area contributed by atoms with E-state index >= 15 is 0 Å². The van der Waals surface area contributed by atoms with Gasteiger partial charge in [-0.05, 0) is 65.1 Å². The maximum atomic E-state index is 13.4. The number of nitrogens with one attached hydrogen (secondary N) is 1. The van der Waals surface area contributed by atoms with Gasteiger partial charge in [-0.1, -0.05) is 41.9 Å². The van der Waals surface area contributed by atoms with Crippen LogP contribution >= 0.6 is 34.2 Å². The van der Waals surface area contributed by atoms with Gasteiger partial charge < -0.3 is 10.1 Å². The first-order chi connectivity index (χ1) is 14.6. The van der Waals surface area contributed by atoms with Crippen LogP contribution in [0.3, 0.4) is 0 Å². The summed E-state index contributed by atoms with van der Waals surface area (Å²) in [6, 6.07) is 17.5. The normalized spacial score (nSPS) is 12.2. The van der Waals surface area contributed by atoms with E-state index in [0.717, 1.165) is 9.64 Å². The minimum atomic E-state index is -4.74. The summed E-state index contributed by atoms with van der Waals surface area (Å²) in [5.41, 5.74) is -1.09. The molecule has 0 aromatic heterocycles. The minimum absolute atomic E-state index is 0.130. The van der Waals surface area contributed by atoms with Gasteiger partial charge in [-0.3, -0.25) is 4.79 Å². The van der Waals surface area contributed by atoms with Gasteiger partial charge in [-0.15, -0.1) is 0 Å². The maximum Gasteiger partial charge on any atom is 0.418 e. The molecule has 31 heavy (non-hydrogen) atoms. The number of halogens is 5. The highest BCUT2D eigenvalue weighted by Gasteiger charge is 2.35. The third kappa shape index (κ3) is 5.98. The average molecular weight is 560 g/mol. The number of hydrogen-bond acceptors (Lipinski definition) is 3. The van der Waals surface area contributed by atoms with Gasteiger partial charge in [0.05, 0.1) is 16.8 Å². The summed E-state index contributed by atoms with van der Waals surface area (Å²) in [6.45, 7) is 0.